The smallest absolute Gasteiger partial charge is 0.100 e. The number of aromatic nitrogens is 1. The van der Waals surface area contributed by atoms with E-state index < -0.39 is 0 Å². The number of nitrogens with zero attached hydrogens (tertiary/aromatic N) is 1. The lowest BCUT2D eigenvalue weighted by molar-refractivity contribution is 0.696. The van der Waals surface area contributed by atoms with Crippen molar-refractivity contribution in [3.8, 4) is 0 Å². The summed E-state index contributed by atoms with van der Waals surface area (Å²) in [7, 11) is 0. The standard InChI is InChI=1S/C8H12N2S/c1-6-4-11-7(10-6)8(5-9)2-3-8/h4H,2-3,5,9H2,1H3. The Kier molecular flexibility index (Phi) is 1.51. The molecular weight excluding hydrogens is 156 g/mol. The number of hydrogen-bond acceptors (Lipinski definition) is 3. The molecule has 0 unspecified atom stereocenters. The maximum atomic E-state index is 5.68. The Morgan fingerprint density at radius 1 is 1.73 bits per heavy atom. The van der Waals surface area contributed by atoms with Gasteiger partial charge in [-0.3, -0.25) is 0 Å². The van der Waals surface area contributed by atoms with Gasteiger partial charge >= 0.3 is 0 Å². The highest BCUT2D eigenvalue weighted by atomic mass is 32.1. The first-order chi connectivity index (χ1) is 5.27. The molecular formula is C8H12N2S. The topological polar surface area (TPSA) is 38.9 Å². The minimum atomic E-state index is 0.291. The lowest BCUT2D eigenvalue weighted by Gasteiger charge is -2.06. The van der Waals surface area contributed by atoms with Crippen LogP contribution in [0.4, 0.5) is 0 Å². The Labute approximate surface area is 70.5 Å². The van der Waals surface area contributed by atoms with E-state index in [2.05, 4.69) is 10.4 Å². The van der Waals surface area contributed by atoms with Crippen molar-refractivity contribution in [3.05, 3.63) is 16.1 Å². The highest BCUT2D eigenvalue weighted by molar-refractivity contribution is 7.09. The van der Waals surface area contributed by atoms with E-state index in [4.69, 9.17) is 5.73 Å². The number of nitrogens with two attached hydrogens (primary N) is 1. The molecule has 0 aliphatic heterocycles. The summed E-state index contributed by atoms with van der Waals surface area (Å²) in [4.78, 5) is 4.45. The van der Waals surface area contributed by atoms with Gasteiger partial charge in [-0.1, -0.05) is 0 Å². The Morgan fingerprint density at radius 3 is 2.82 bits per heavy atom. The van der Waals surface area contributed by atoms with E-state index in [9.17, 15) is 0 Å². The summed E-state index contributed by atoms with van der Waals surface area (Å²) in [6.07, 6.45) is 2.47. The first kappa shape index (κ1) is 7.25. The monoisotopic (exact) mass is 168 g/mol. The Hall–Kier alpha value is -0.410. The van der Waals surface area contributed by atoms with Gasteiger partial charge in [0, 0.05) is 23.0 Å². The van der Waals surface area contributed by atoms with Crippen LogP contribution in [0.2, 0.25) is 0 Å². The zero-order chi connectivity index (χ0) is 7.90. The Bertz CT molecular complexity index is 263. The molecule has 1 aliphatic rings. The molecule has 2 N–H and O–H groups in total. The zero-order valence-corrected chi connectivity index (χ0v) is 7.45. The van der Waals surface area contributed by atoms with Crippen molar-refractivity contribution in [2.45, 2.75) is 25.2 Å². The average molecular weight is 168 g/mol. The Balaban J connectivity index is 2.29. The molecule has 2 nitrogen and oxygen atoms in total. The lowest BCUT2D eigenvalue weighted by Crippen LogP contribution is -2.19. The fourth-order valence-electron chi connectivity index (χ4n) is 1.25. The number of hydrogen-bond donors (Lipinski definition) is 1. The molecule has 1 fully saturated rings. The molecule has 60 valence electrons. The van der Waals surface area contributed by atoms with Gasteiger partial charge in [0.2, 0.25) is 0 Å². The molecule has 0 aromatic carbocycles. The van der Waals surface area contributed by atoms with Crippen molar-refractivity contribution in [2.75, 3.05) is 6.54 Å². The van der Waals surface area contributed by atoms with Crippen molar-refractivity contribution in [2.24, 2.45) is 5.73 Å². The third kappa shape index (κ3) is 1.08. The molecule has 0 bridgehead atoms. The Morgan fingerprint density at radius 2 is 2.45 bits per heavy atom. The quantitative estimate of drug-likeness (QED) is 0.725. The second-order valence-electron chi connectivity index (χ2n) is 3.28. The second kappa shape index (κ2) is 2.29. The zero-order valence-electron chi connectivity index (χ0n) is 6.63. The molecule has 1 aromatic heterocycles. The highest BCUT2D eigenvalue weighted by Crippen LogP contribution is 2.48. The summed E-state index contributed by atoms with van der Waals surface area (Å²) < 4.78 is 0. The fourth-order valence-corrected chi connectivity index (χ4v) is 2.32. The van der Waals surface area contributed by atoms with Gasteiger partial charge in [0.25, 0.3) is 0 Å². The summed E-state index contributed by atoms with van der Waals surface area (Å²) >= 11 is 1.75. The van der Waals surface area contributed by atoms with E-state index in [0.29, 0.717) is 5.41 Å². The van der Waals surface area contributed by atoms with E-state index in [0.717, 1.165) is 12.2 Å². The summed E-state index contributed by atoms with van der Waals surface area (Å²) in [5.41, 5.74) is 7.10. The molecule has 1 aromatic rings. The second-order valence-corrected chi connectivity index (χ2v) is 4.14. The minimum Gasteiger partial charge on any atom is -0.329 e. The molecule has 3 heteroatoms. The molecule has 11 heavy (non-hydrogen) atoms. The minimum absolute atomic E-state index is 0.291. The summed E-state index contributed by atoms with van der Waals surface area (Å²) in [5, 5.41) is 3.35. The molecule has 0 radical (unpaired) electrons. The maximum absolute atomic E-state index is 5.68. The van der Waals surface area contributed by atoms with Crippen molar-refractivity contribution < 1.29 is 0 Å². The number of aryl methyl sites for hydroxylation is 1. The molecule has 0 amide bonds. The third-order valence-corrected chi connectivity index (χ3v) is 3.52. The summed E-state index contributed by atoms with van der Waals surface area (Å²) in [5.74, 6) is 0. The number of thiazole rings is 1. The molecule has 0 saturated heterocycles. The van der Waals surface area contributed by atoms with Gasteiger partial charge in [0.15, 0.2) is 0 Å². The van der Waals surface area contributed by atoms with Gasteiger partial charge in [-0.25, -0.2) is 4.98 Å². The summed E-state index contributed by atoms with van der Waals surface area (Å²) in [6, 6.07) is 0. The van der Waals surface area contributed by atoms with Gasteiger partial charge in [0.05, 0.1) is 0 Å². The van der Waals surface area contributed by atoms with Crippen LogP contribution in [0.3, 0.4) is 0 Å². The fraction of sp³-hybridized carbons (Fsp3) is 0.625. The first-order valence-electron chi connectivity index (χ1n) is 3.89. The molecule has 1 saturated carbocycles. The van der Waals surface area contributed by atoms with Crippen LogP contribution in [0.15, 0.2) is 5.38 Å². The van der Waals surface area contributed by atoms with Crippen molar-refractivity contribution in [1.82, 2.24) is 4.98 Å². The molecule has 1 aliphatic carbocycles. The van der Waals surface area contributed by atoms with E-state index in [1.54, 1.807) is 11.3 Å². The predicted octanol–water partition coefficient (Wildman–Crippen LogP) is 1.44. The SMILES string of the molecule is Cc1csc(C2(CN)CC2)n1. The van der Waals surface area contributed by atoms with Crippen LogP contribution in [0.1, 0.15) is 23.5 Å². The normalized spacial score (nSPS) is 20.2. The van der Waals surface area contributed by atoms with Gasteiger partial charge in [0.1, 0.15) is 5.01 Å². The van der Waals surface area contributed by atoms with E-state index in [-0.39, 0.29) is 0 Å². The van der Waals surface area contributed by atoms with Gasteiger partial charge < -0.3 is 5.73 Å². The van der Waals surface area contributed by atoms with Gasteiger partial charge in [-0.05, 0) is 19.8 Å². The third-order valence-electron chi connectivity index (χ3n) is 2.32. The van der Waals surface area contributed by atoms with E-state index in [1.165, 1.54) is 17.8 Å². The van der Waals surface area contributed by atoms with Gasteiger partial charge in [-0.15, -0.1) is 11.3 Å². The van der Waals surface area contributed by atoms with Crippen molar-refractivity contribution >= 4 is 11.3 Å². The van der Waals surface area contributed by atoms with Crippen molar-refractivity contribution in [1.29, 1.82) is 0 Å². The van der Waals surface area contributed by atoms with Crippen LogP contribution in [-0.2, 0) is 5.41 Å². The van der Waals surface area contributed by atoms with Gasteiger partial charge in [-0.2, -0.15) is 0 Å². The van der Waals surface area contributed by atoms with Crippen LogP contribution in [0.5, 0.6) is 0 Å². The number of rotatable bonds is 2. The first-order valence-corrected chi connectivity index (χ1v) is 4.77. The lowest BCUT2D eigenvalue weighted by atomic mass is 10.1. The van der Waals surface area contributed by atoms with Crippen molar-refractivity contribution in [3.63, 3.8) is 0 Å². The van der Waals surface area contributed by atoms with Crippen LogP contribution < -0.4 is 5.73 Å². The van der Waals surface area contributed by atoms with Crippen LogP contribution in [0, 0.1) is 6.92 Å². The molecule has 0 atom stereocenters. The maximum Gasteiger partial charge on any atom is 0.100 e. The molecule has 1 heterocycles. The van der Waals surface area contributed by atoms with E-state index in [1.807, 2.05) is 6.92 Å². The highest BCUT2D eigenvalue weighted by Gasteiger charge is 2.45. The summed E-state index contributed by atoms with van der Waals surface area (Å²) in [6.45, 7) is 2.80. The predicted molar refractivity (Wildman–Crippen MR) is 46.8 cm³/mol. The largest absolute Gasteiger partial charge is 0.329 e. The van der Waals surface area contributed by atoms with Crippen LogP contribution >= 0.6 is 11.3 Å². The molecule has 2 rings (SSSR count). The van der Waals surface area contributed by atoms with E-state index >= 15 is 0 Å². The average Bonchev–Trinajstić information content (AvgIpc) is 2.70. The van der Waals surface area contributed by atoms with Crippen LogP contribution in [-0.4, -0.2) is 11.5 Å². The molecule has 0 spiro atoms. The van der Waals surface area contributed by atoms with Crippen LogP contribution in [0.25, 0.3) is 0 Å².